The van der Waals surface area contributed by atoms with E-state index in [1.807, 2.05) is 0 Å². The van der Waals surface area contributed by atoms with E-state index in [0.29, 0.717) is 0 Å². The number of nitrogens with one attached hydrogen (secondary N) is 1. The van der Waals surface area contributed by atoms with Crippen LogP contribution in [0.4, 0.5) is 0 Å². The number of benzene rings is 1. The van der Waals surface area contributed by atoms with Gasteiger partial charge in [0.2, 0.25) is 0 Å². The number of aryl methyl sites for hydroxylation is 1. The van der Waals surface area contributed by atoms with Gasteiger partial charge in [-0.15, -0.1) is 0 Å². The lowest BCUT2D eigenvalue weighted by Crippen LogP contribution is -2.28. The van der Waals surface area contributed by atoms with Crippen molar-refractivity contribution in [3.63, 3.8) is 0 Å². The van der Waals surface area contributed by atoms with Crippen LogP contribution in [0.3, 0.4) is 0 Å². The first kappa shape index (κ1) is 12.2. The molecule has 15 heavy (non-hydrogen) atoms. The summed E-state index contributed by atoms with van der Waals surface area (Å²) in [5, 5.41) is 0. The summed E-state index contributed by atoms with van der Waals surface area (Å²) in [6.07, 6.45) is 2.29. The summed E-state index contributed by atoms with van der Waals surface area (Å²) in [5.74, 6) is 6.34. The Morgan fingerprint density at radius 3 is 2.40 bits per heavy atom. The van der Waals surface area contributed by atoms with Gasteiger partial charge in [-0.3, -0.25) is 11.3 Å². The van der Waals surface area contributed by atoms with Crippen LogP contribution in [0.15, 0.2) is 24.3 Å². The maximum absolute atomic E-state index is 5.61. The van der Waals surface area contributed by atoms with E-state index in [1.54, 1.807) is 0 Å². The van der Waals surface area contributed by atoms with Crippen molar-refractivity contribution in [3.8, 4) is 0 Å². The molecule has 2 heteroatoms. The molecule has 0 aliphatic rings. The van der Waals surface area contributed by atoms with Crippen molar-refractivity contribution in [2.75, 3.05) is 0 Å². The van der Waals surface area contributed by atoms with Gasteiger partial charge in [0.05, 0.1) is 0 Å². The van der Waals surface area contributed by atoms with Gasteiger partial charge in [-0.05, 0) is 36.8 Å². The van der Waals surface area contributed by atoms with Gasteiger partial charge >= 0.3 is 0 Å². The summed E-state index contributed by atoms with van der Waals surface area (Å²) < 4.78 is 0. The minimum Gasteiger partial charge on any atom is -0.271 e. The fourth-order valence-electron chi connectivity index (χ4n) is 1.81. The van der Waals surface area contributed by atoms with Gasteiger partial charge in [0.25, 0.3) is 0 Å². The van der Waals surface area contributed by atoms with Crippen LogP contribution in [-0.4, -0.2) is 0 Å². The molecule has 1 rings (SSSR count). The Balaban J connectivity index is 2.70. The van der Waals surface area contributed by atoms with Gasteiger partial charge in [0.15, 0.2) is 0 Å². The number of hydrogen-bond donors (Lipinski definition) is 2. The molecule has 0 saturated heterocycles. The lowest BCUT2D eigenvalue weighted by Gasteiger charge is -2.19. The molecule has 3 N–H and O–H groups in total. The molecule has 0 amide bonds. The van der Waals surface area contributed by atoms with Gasteiger partial charge in [-0.1, -0.05) is 38.1 Å². The van der Waals surface area contributed by atoms with Crippen molar-refractivity contribution in [1.29, 1.82) is 0 Å². The molecule has 0 saturated carbocycles. The van der Waals surface area contributed by atoms with Crippen molar-refractivity contribution in [1.82, 2.24) is 5.43 Å². The number of nitrogens with two attached hydrogens (primary N) is 1. The number of hydrazine groups is 1. The normalized spacial score (nSPS) is 13.1. The van der Waals surface area contributed by atoms with E-state index < -0.39 is 0 Å². The van der Waals surface area contributed by atoms with Crippen molar-refractivity contribution in [2.24, 2.45) is 11.8 Å². The third-order valence-electron chi connectivity index (χ3n) is 2.80. The molecule has 0 aromatic heterocycles. The molecule has 1 aromatic rings. The van der Waals surface area contributed by atoms with E-state index >= 15 is 0 Å². The highest BCUT2D eigenvalue weighted by Crippen LogP contribution is 2.22. The molecule has 0 bridgehead atoms. The van der Waals surface area contributed by atoms with Gasteiger partial charge in [0, 0.05) is 6.04 Å². The molecule has 84 valence electrons. The van der Waals surface area contributed by atoms with E-state index in [9.17, 15) is 0 Å². The third-order valence-corrected chi connectivity index (χ3v) is 2.80. The van der Waals surface area contributed by atoms with E-state index in [0.717, 1.165) is 12.3 Å². The number of hydrogen-bond acceptors (Lipinski definition) is 2. The maximum atomic E-state index is 5.61. The zero-order chi connectivity index (χ0) is 11.3. The second-order valence-electron chi connectivity index (χ2n) is 4.55. The Hall–Kier alpha value is -0.860. The van der Waals surface area contributed by atoms with Crippen molar-refractivity contribution in [2.45, 2.75) is 39.7 Å². The fourth-order valence-corrected chi connectivity index (χ4v) is 1.81. The van der Waals surface area contributed by atoms with Crippen LogP contribution in [0.25, 0.3) is 0 Å². The van der Waals surface area contributed by atoms with Crippen LogP contribution in [0.5, 0.6) is 0 Å². The van der Waals surface area contributed by atoms with Crippen LogP contribution in [-0.2, 0) is 0 Å². The molecular weight excluding hydrogens is 184 g/mol. The lowest BCUT2D eigenvalue weighted by atomic mass is 9.95. The highest BCUT2D eigenvalue weighted by molar-refractivity contribution is 5.28. The van der Waals surface area contributed by atoms with Gasteiger partial charge in [-0.25, -0.2) is 0 Å². The Morgan fingerprint density at radius 2 is 1.87 bits per heavy atom. The van der Waals surface area contributed by atoms with E-state index in [4.69, 9.17) is 5.84 Å². The molecule has 1 atom stereocenters. The molecule has 0 fully saturated rings. The first-order chi connectivity index (χ1) is 7.15. The Bertz CT molecular complexity index is 294. The first-order valence-corrected chi connectivity index (χ1v) is 5.66. The SMILES string of the molecule is Cc1ccccc1C(CCC(C)C)NN. The zero-order valence-electron chi connectivity index (χ0n) is 9.96. The predicted octanol–water partition coefficient (Wildman–Crippen LogP) is 2.94. The fraction of sp³-hybridized carbons (Fsp3) is 0.538. The summed E-state index contributed by atoms with van der Waals surface area (Å²) in [4.78, 5) is 0. The molecule has 0 heterocycles. The van der Waals surface area contributed by atoms with Crippen LogP contribution in [0, 0.1) is 12.8 Å². The average Bonchev–Trinajstić information content (AvgIpc) is 2.21. The third kappa shape index (κ3) is 3.65. The maximum Gasteiger partial charge on any atom is 0.0462 e. The minimum atomic E-state index is 0.286. The lowest BCUT2D eigenvalue weighted by molar-refractivity contribution is 0.447. The Morgan fingerprint density at radius 1 is 1.20 bits per heavy atom. The van der Waals surface area contributed by atoms with Gasteiger partial charge in [-0.2, -0.15) is 0 Å². The predicted molar refractivity (Wildman–Crippen MR) is 65.3 cm³/mol. The molecular formula is C13H22N2. The molecule has 0 radical (unpaired) electrons. The van der Waals surface area contributed by atoms with Crippen molar-refractivity contribution >= 4 is 0 Å². The summed E-state index contributed by atoms with van der Waals surface area (Å²) in [6.45, 7) is 6.62. The van der Waals surface area contributed by atoms with Crippen LogP contribution < -0.4 is 11.3 Å². The number of rotatable bonds is 5. The minimum absolute atomic E-state index is 0.286. The quantitative estimate of drug-likeness (QED) is 0.574. The highest BCUT2D eigenvalue weighted by Gasteiger charge is 2.11. The molecule has 0 spiro atoms. The molecule has 0 aliphatic heterocycles. The zero-order valence-corrected chi connectivity index (χ0v) is 9.96. The standard InChI is InChI=1S/C13H22N2/c1-10(2)8-9-13(15-14)12-7-5-4-6-11(12)3/h4-7,10,13,15H,8-9,14H2,1-3H3. The molecule has 1 unspecified atom stereocenters. The largest absolute Gasteiger partial charge is 0.271 e. The van der Waals surface area contributed by atoms with Crippen LogP contribution in [0.1, 0.15) is 43.9 Å². The van der Waals surface area contributed by atoms with Crippen LogP contribution >= 0.6 is 0 Å². The van der Waals surface area contributed by atoms with E-state index in [1.165, 1.54) is 17.5 Å². The summed E-state index contributed by atoms with van der Waals surface area (Å²) >= 11 is 0. The van der Waals surface area contributed by atoms with Crippen molar-refractivity contribution in [3.05, 3.63) is 35.4 Å². The molecule has 2 nitrogen and oxygen atoms in total. The second-order valence-corrected chi connectivity index (χ2v) is 4.55. The van der Waals surface area contributed by atoms with Crippen molar-refractivity contribution < 1.29 is 0 Å². The molecule has 1 aromatic carbocycles. The summed E-state index contributed by atoms with van der Waals surface area (Å²) in [6, 6.07) is 8.71. The topological polar surface area (TPSA) is 38.0 Å². The first-order valence-electron chi connectivity index (χ1n) is 5.66. The van der Waals surface area contributed by atoms with E-state index in [2.05, 4.69) is 50.5 Å². The van der Waals surface area contributed by atoms with Gasteiger partial charge < -0.3 is 0 Å². The average molecular weight is 206 g/mol. The monoisotopic (exact) mass is 206 g/mol. The summed E-state index contributed by atoms with van der Waals surface area (Å²) in [7, 11) is 0. The van der Waals surface area contributed by atoms with Gasteiger partial charge in [0.1, 0.15) is 0 Å². The van der Waals surface area contributed by atoms with E-state index in [-0.39, 0.29) is 6.04 Å². The Kier molecular flexibility index (Phi) is 4.79. The summed E-state index contributed by atoms with van der Waals surface area (Å²) in [5.41, 5.74) is 5.54. The second kappa shape index (κ2) is 5.89. The van der Waals surface area contributed by atoms with Crippen LogP contribution in [0.2, 0.25) is 0 Å². The molecule has 0 aliphatic carbocycles. The highest BCUT2D eigenvalue weighted by atomic mass is 15.2. The smallest absolute Gasteiger partial charge is 0.0462 e. The Labute approximate surface area is 92.8 Å².